The highest BCUT2D eigenvalue weighted by Gasteiger charge is 2.39. The summed E-state index contributed by atoms with van der Waals surface area (Å²) in [5, 5.41) is 19.8. The van der Waals surface area contributed by atoms with E-state index in [0.717, 1.165) is 44.3 Å². The molecule has 0 aromatic heterocycles. The number of rotatable bonds is 5. The number of carbonyl (C=O) groups is 1. The van der Waals surface area contributed by atoms with E-state index in [2.05, 4.69) is 16.0 Å². The molecule has 6 heteroatoms. The second-order valence-electron chi connectivity index (χ2n) is 6.95. The molecular weight excluding hydrogens is 326 g/mol. The number of nitrogens with one attached hydrogen (secondary N) is 3. The molecule has 1 heterocycles. The van der Waals surface area contributed by atoms with Gasteiger partial charge in [-0.3, -0.25) is 0 Å². The molecule has 2 amide bonds. The topological polar surface area (TPSA) is 73.4 Å². The minimum absolute atomic E-state index is 0.130. The van der Waals surface area contributed by atoms with Crippen LogP contribution >= 0.6 is 11.6 Å². The van der Waals surface area contributed by atoms with E-state index in [9.17, 15) is 9.90 Å². The number of hydrogen-bond donors (Lipinski definition) is 4. The van der Waals surface area contributed by atoms with Crippen molar-refractivity contribution in [2.45, 2.75) is 44.4 Å². The Balaban J connectivity index is 1.53. The maximum absolute atomic E-state index is 12.3. The number of aliphatic hydroxyl groups excluding tert-OH is 1. The van der Waals surface area contributed by atoms with E-state index < -0.39 is 0 Å². The Morgan fingerprint density at radius 3 is 2.50 bits per heavy atom. The van der Waals surface area contributed by atoms with E-state index >= 15 is 0 Å². The van der Waals surface area contributed by atoms with Crippen LogP contribution in [0.25, 0.3) is 0 Å². The second kappa shape index (κ2) is 8.19. The number of hydrogen-bond acceptors (Lipinski definition) is 3. The van der Waals surface area contributed by atoms with Crippen molar-refractivity contribution < 1.29 is 9.90 Å². The molecule has 1 aromatic carbocycles. The average Bonchev–Trinajstić information content (AvgIpc) is 2.57. The number of piperidine rings is 1. The van der Waals surface area contributed by atoms with E-state index in [0.29, 0.717) is 23.4 Å². The molecular formula is C18H26ClN3O2. The summed E-state index contributed by atoms with van der Waals surface area (Å²) < 4.78 is 0. The number of halogens is 1. The number of aliphatic hydroxyl groups is 1. The third kappa shape index (κ3) is 4.62. The van der Waals surface area contributed by atoms with Gasteiger partial charge in [-0.25, -0.2) is 4.79 Å². The van der Waals surface area contributed by atoms with Gasteiger partial charge in [0.05, 0.1) is 6.10 Å². The Morgan fingerprint density at radius 1 is 1.21 bits per heavy atom. The number of carbonyl (C=O) groups excluding carboxylic acids is 1. The van der Waals surface area contributed by atoms with Gasteiger partial charge >= 0.3 is 6.03 Å². The van der Waals surface area contributed by atoms with Crippen molar-refractivity contribution in [3.8, 4) is 0 Å². The fourth-order valence-electron chi connectivity index (χ4n) is 3.73. The molecule has 0 bridgehead atoms. The molecule has 1 aromatic rings. The van der Waals surface area contributed by atoms with E-state index in [1.54, 1.807) is 0 Å². The van der Waals surface area contributed by atoms with E-state index in [1.165, 1.54) is 0 Å². The lowest BCUT2D eigenvalue weighted by atomic mass is 9.71. The van der Waals surface area contributed by atoms with Gasteiger partial charge in [0.1, 0.15) is 0 Å². The lowest BCUT2D eigenvalue weighted by molar-refractivity contribution is 0.0116. The fraction of sp³-hybridized carbons (Fsp3) is 0.611. The summed E-state index contributed by atoms with van der Waals surface area (Å²) >= 11 is 5.87. The first kappa shape index (κ1) is 17.5. The van der Waals surface area contributed by atoms with Crippen LogP contribution in [0.15, 0.2) is 24.3 Å². The van der Waals surface area contributed by atoms with Gasteiger partial charge in [0.25, 0.3) is 0 Å². The van der Waals surface area contributed by atoms with E-state index in [-0.39, 0.29) is 18.2 Å². The van der Waals surface area contributed by atoms with Gasteiger partial charge in [0, 0.05) is 17.6 Å². The zero-order chi connectivity index (χ0) is 16.9. The van der Waals surface area contributed by atoms with Crippen molar-refractivity contribution in [3.63, 3.8) is 0 Å². The maximum atomic E-state index is 12.3. The minimum atomic E-state index is -0.196. The van der Waals surface area contributed by atoms with Crippen LogP contribution in [-0.2, 0) is 6.54 Å². The van der Waals surface area contributed by atoms with Crippen LogP contribution in [0.5, 0.6) is 0 Å². The lowest BCUT2D eigenvalue weighted by Gasteiger charge is -2.43. The SMILES string of the molecule is O=C(NCc1ccc(Cl)cc1)N[C@@H](C1CCNCC1)C1CC(O)C1. The fourth-order valence-corrected chi connectivity index (χ4v) is 3.86. The standard InChI is InChI=1S/C18H26ClN3O2/c19-15-3-1-12(2-4-15)11-21-18(24)22-17(14-9-16(23)10-14)13-5-7-20-8-6-13/h1-4,13-14,16-17,20,23H,5-11H2,(H2,21,22,24)/t14?,16?,17-/m0/s1. The predicted molar refractivity (Wildman–Crippen MR) is 94.9 cm³/mol. The number of amides is 2. The van der Waals surface area contributed by atoms with Crippen molar-refractivity contribution in [1.82, 2.24) is 16.0 Å². The molecule has 1 aliphatic heterocycles. The Bertz CT molecular complexity index is 540. The molecule has 1 saturated heterocycles. The van der Waals surface area contributed by atoms with E-state index in [4.69, 9.17) is 11.6 Å². The van der Waals surface area contributed by atoms with Crippen LogP contribution < -0.4 is 16.0 Å². The molecule has 0 spiro atoms. The van der Waals surface area contributed by atoms with Crippen molar-refractivity contribution >= 4 is 17.6 Å². The number of benzene rings is 1. The third-order valence-electron chi connectivity index (χ3n) is 5.21. The predicted octanol–water partition coefficient (Wildman–Crippen LogP) is 2.28. The van der Waals surface area contributed by atoms with Gasteiger partial charge in [-0.05, 0) is 68.3 Å². The average molecular weight is 352 g/mol. The van der Waals surface area contributed by atoms with Crippen molar-refractivity contribution in [2.75, 3.05) is 13.1 Å². The summed E-state index contributed by atoms with van der Waals surface area (Å²) in [7, 11) is 0. The van der Waals surface area contributed by atoms with Crippen LogP contribution in [0, 0.1) is 11.8 Å². The largest absolute Gasteiger partial charge is 0.393 e. The van der Waals surface area contributed by atoms with Crippen LogP contribution in [0.1, 0.15) is 31.2 Å². The summed E-state index contributed by atoms with van der Waals surface area (Å²) in [6.45, 7) is 2.49. The molecule has 1 atom stereocenters. The first-order valence-electron chi connectivity index (χ1n) is 8.79. The summed E-state index contributed by atoms with van der Waals surface area (Å²) in [6, 6.07) is 7.49. The highest BCUT2D eigenvalue weighted by atomic mass is 35.5. The Hall–Kier alpha value is -1.30. The zero-order valence-corrected chi connectivity index (χ0v) is 14.6. The normalized spacial score (nSPS) is 25.6. The van der Waals surface area contributed by atoms with Gasteiger partial charge in [0.2, 0.25) is 0 Å². The van der Waals surface area contributed by atoms with Gasteiger partial charge < -0.3 is 21.1 Å². The van der Waals surface area contributed by atoms with Crippen LogP contribution in [0.2, 0.25) is 5.02 Å². The van der Waals surface area contributed by atoms with Crippen molar-refractivity contribution in [3.05, 3.63) is 34.9 Å². The third-order valence-corrected chi connectivity index (χ3v) is 5.47. The Labute approximate surface area is 148 Å². The van der Waals surface area contributed by atoms with Crippen LogP contribution in [-0.4, -0.2) is 36.4 Å². The van der Waals surface area contributed by atoms with Gasteiger partial charge in [-0.15, -0.1) is 0 Å². The van der Waals surface area contributed by atoms with Crippen molar-refractivity contribution in [2.24, 2.45) is 11.8 Å². The van der Waals surface area contributed by atoms with Crippen molar-refractivity contribution in [1.29, 1.82) is 0 Å². The molecule has 4 N–H and O–H groups in total. The molecule has 3 rings (SSSR count). The monoisotopic (exact) mass is 351 g/mol. The molecule has 2 fully saturated rings. The van der Waals surface area contributed by atoms with Gasteiger partial charge in [0.15, 0.2) is 0 Å². The minimum Gasteiger partial charge on any atom is -0.393 e. The van der Waals surface area contributed by atoms with Gasteiger partial charge in [-0.2, -0.15) is 0 Å². The summed E-state index contributed by atoms with van der Waals surface area (Å²) in [6.07, 6.45) is 3.56. The van der Waals surface area contributed by atoms with Crippen LogP contribution in [0.3, 0.4) is 0 Å². The van der Waals surface area contributed by atoms with Gasteiger partial charge in [-0.1, -0.05) is 23.7 Å². The lowest BCUT2D eigenvalue weighted by Crippen LogP contribution is -2.54. The molecule has 24 heavy (non-hydrogen) atoms. The van der Waals surface area contributed by atoms with Crippen LogP contribution in [0.4, 0.5) is 4.79 Å². The molecule has 0 unspecified atom stereocenters. The summed E-state index contributed by atoms with van der Waals surface area (Å²) in [5.74, 6) is 0.884. The highest BCUT2D eigenvalue weighted by Crippen LogP contribution is 2.35. The summed E-state index contributed by atoms with van der Waals surface area (Å²) in [5.41, 5.74) is 1.02. The molecule has 2 aliphatic rings. The summed E-state index contributed by atoms with van der Waals surface area (Å²) in [4.78, 5) is 12.3. The maximum Gasteiger partial charge on any atom is 0.315 e. The molecule has 1 aliphatic carbocycles. The first-order chi connectivity index (χ1) is 11.6. The second-order valence-corrected chi connectivity index (χ2v) is 7.39. The highest BCUT2D eigenvalue weighted by molar-refractivity contribution is 6.30. The molecule has 0 radical (unpaired) electrons. The number of urea groups is 1. The Morgan fingerprint density at radius 2 is 1.88 bits per heavy atom. The zero-order valence-electron chi connectivity index (χ0n) is 13.8. The first-order valence-corrected chi connectivity index (χ1v) is 9.17. The van der Waals surface area contributed by atoms with E-state index in [1.807, 2.05) is 24.3 Å². The molecule has 132 valence electrons. The Kier molecular flexibility index (Phi) is 5.98. The quantitative estimate of drug-likeness (QED) is 0.657. The smallest absolute Gasteiger partial charge is 0.315 e. The molecule has 1 saturated carbocycles. The molecule has 5 nitrogen and oxygen atoms in total.